The van der Waals surface area contributed by atoms with Crippen molar-refractivity contribution in [2.24, 2.45) is 5.73 Å². The van der Waals surface area contributed by atoms with Gasteiger partial charge in [0.15, 0.2) is 0 Å². The number of nitrogens with zero attached hydrogens (tertiary/aromatic N) is 2. The second-order valence-corrected chi connectivity index (χ2v) is 7.38. The summed E-state index contributed by atoms with van der Waals surface area (Å²) in [5, 5.41) is 7.65. The molecule has 0 saturated carbocycles. The van der Waals surface area contributed by atoms with Gasteiger partial charge in [-0.1, -0.05) is 48.5 Å². The molecule has 0 unspecified atom stereocenters. The number of esters is 1. The molecule has 0 fully saturated rings. The lowest BCUT2D eigenvalue weighted by molar-refractivity contribution is 0.0527. The van der Waals surface area contributed by atoms with Gasteiger partial charge in [-0.25, -0.2) is 4.79 Å². The van der Waals surface area contributed by atoms with Crippen molar-refractivity contribution in [1.29, 1.82) is 5.41 Å². The molecule has 4 rings (SSSR count). The average Bonchev–Trinajstić information content (AvgIpc) is 3.24. The molecule has 0 aliphatic heterocycles. The minimum atomic E-state index is -0.354. The highest BCUT2D eigenvalue weighted by Gasteiger charge is 2.17. The van der Waals surface area contributed by atoms with Crippen molar-refractivity contribution in [3.8, 4) is 22.4 Å². The van der Waals surface area contributed by atoms with Crippen molar-refractivity contribution < 1.29 is 9.53 Å². The first-order valence-electron chi connectivity index (χ1n) is 10.4. The molecule has 6 heteroatoms. The van der Waals surface area contributed by atoms with Crippen LogP contribution in [0.25, 0.3) is 22.4 Å². The van der Waals surface area contributed by atoms with Crippen molar-refractivity contribution in [1.82, 2.24) is 9.55 Å². The monoisotopic (exact) mass is 424 g/mol. The maximum Gasteiger partial charge on any atom is 0.340 e. The van der Waals surface area contributed by atoms with Gasteiger partial charge in [0.2, 0.25) is 0 Å². The summed E-state index contributed by atoms with van der Waals surface area (Å²) in [4.78, 5) is 17.0. The normalized spacial score (nSPS) is 10.7. The van der Waals surface area contributed by atoms with E-state index in [1.165, 1.54) is 0 Å². The Morgan fingerprint density at radius 3 is 2.50 bits per heavy atom. The van der Waals surface area contributed by atoms with E-state index in [9.17, 15) is 4.79 Å². The predicted molar refractivity (Wildman–Crippen MR) is 126 cm³/mol. The van der Waals surface area contributed by atoms with Gasteiger partial charge in [-0.15, -0.1) is 0 Å². The first-order chi connectivity index (χ1) is 15.5. The first kappa shape index (κ1) is 21.1. The number of rotatable bonds is 7. The van der Waals surface area contributed by atoms with Crippen molar-refractivity contribution in [3.63, 3.8) is 0 Å². The molecule has 0 bridgehead atoms. The predicted octanol–water partition coefficient (Wildman–Crippen LogP) is 4.73. The molecule has 0 aliphatic rings. The number of nitrogens with two attached hydrogens (primary N) is 1. The lowest BCUT2D eigenvalue weighted by Gasteiger charge is -2.06. The van der Waals surface area contributed by atoms with Gasteiger partial charge in [-0.2, -0.15) is 0 Å². The van der Waals surface area contributed by atoms with E-state index in [1.807, 2.05) is 71.4 Å². The molecular formula is C26H24N4O2. The highest BCUT2D eigenvalue weighted by Crippen LogP contribution is 2.28. The van der Waals surface area contributed by atoms with Crippen LogP contribution in [0, 0.1) is 5.41 Å². The Morgan fingerprint density at radius 2 is 1.81 bits per heavy atom. The molecule has 2 aromatic heterocycles. The molecule has 0 radical (unpaired) electrons. The van der Waals surface area contributed by atoms with E-state index in [1.54, 1.807) is 25.4 Å². The summed E-state index contributed by atoms with van der Waals surface area (Å²) < 4.78 is 7.24. The Bertz CT molecular complexity index is 1240. The number of aromatic nitrogens is 2. The number of pyridine rings is 1. The van der Waals surface area contributed by atoms with Gasteiger partial charge in [-0.3, -0.25) is 10.4 Å². The third-order valence-electron chi connectivity index (χ3n) is 5.14. The van der Waals surface area contributed by atoms with Crippen LogP contribution < -0.4 is 5.73 Å². The van der Waals surface area contributed by atoms with E-state index < -0.39 is 0 Å². The van der Waals surface area contributed by atoms with Gasteiger partial charge in [0, 0.05) is 41.8 Å². The minimum Gasteiger partial charge on any atom is -0.462 e. The minimum absolute atomic E-state index is 0.0280. The number of carbonyl (C=O) groups excluding carboxylic acids is 1. The number of benzene rings is 2. The molecule has 32 heavy (non-hydrogen) atoms. The number of carbonyl (C=O) groups is 1. The van der Waals surface area contributed by atoms with E-state index in [0.717, 1.165) is 27.9 Å². The maximum atomic E-state index is 12.6. The van der Waals surface area contributed by atoms with E-state index >= 15 is 0 Å². The lowest BCUT2D eigenvalue weighted by atomic mass is 10.0. The Labute approximate surface area is 186 Å². The van der Waals surface area contributed by atoms with Crippen molar-refractivity contribution >= 4 is 11.8 Å². The van der Waals surface area contributed by atoms with Gasteiger partial charge in [0.25, 0.3) is 0 Å². The maximum absolute atomic E-state index is 12.6. The summed E-state index contributed by atoms with van der Waals surface area (Å²) in [5.41, 5.74) is 11.4. The molecule has 6 nitrogen and oxygen atoms in total. The van der Waals surface area contributed by atoms with Crippen LogP contribution in [0.5, 0.6) is 0 Å². The van der Waals surface area contributed by atoms with Gasteiger partial charge >= 0.3 is 5.97 Å². The van der Waals surface area contributed by atoms with Crippen LogP contribution in [-0.4, -0.2) is 28.0 Å². The lowest BCUT2D eigenvalue weighted by Crippen LogP contribution is -2.11. The van der Waals surface area contributed by atoms with E-state index in [2.05, 4.69) is 4.98 Å². The molecular weight excluding hydrogens is 400 g/mol. The zero-order chi connectivity index (χ0) is 22.5. The van der Waals surface area contributed by atoms with Crippen LogP contribution in [0.3, 0.4) is 0 Å². The number of amidine groups is 1. The zero-order valence-electron chi connectivity index (χ0n) is 17.8. The quantitative estimate of drug-likeness (QED) is 0.255. The highest BCUT2D eigenvalue weighted by atomic mass is 16.5. The number of hydrogen-bond donors (Lipinski definition) is 2. The molecule has 2 heterocycles. The molecule has 4 aromatic rings. The van der Waals surface area contributed by atoms with Crippen LogP contribution in [0.4, 0.5) is 0 Å². The Hall–Kier alpha value is -4.19. The first-order valence-corrected chi connectivity index (χ1v) is 10.4. The van der Waals surface area contributed by atoms with Crippen LogP contribution in [0.2, 0.25) is 0 Å². The third-order valence-corrected chi connectivity index (χ3v) is 5.14. The Morgan fingerprint density at radius 1 is 1.03 bits per heavy atom. The second-order valence-electron chi connectivity index (χ2n) is 7.38. The van der Waals surface area contributed by atoms with Gasteiger partial charge in [0.05, 0.1) is 17.9 Å². The Balaban J connectivity index is 1.68. The van der Waals surface area contributed by atoms with Gasteiger partial charge in [-0.05, 0) is 36.2 Å². The van der Waals surface area contributed by atoms with E-state index in [4.69, 9.17) is 15.9 Å². The summed E-state index contributed by atoms with van der Waals surface area (Å²) in [6, 6.07) is 21.3. The fourth-order valence-electron chi connectivity index (χ4n) is 3.60. The summed E-state index contributed by atoms with van der Waals surface area (Å²) in [6.07, 6.45) is 5.52. The molecule has 0 spiro atoms. The topological polar surface area (TPSA) is 94.0 Å². The smallest absolute Gasteiger partial charge is 0.340 e. The largest absolute Gasteiger partial charge is 0.462 e. The van der Waals surface area contributed by atoms with Crippen LogP contribution in [-0.2, 0) is 11.3 Å². The van der Waals surface area contributed by atoms with E-state index in [-0.39, 0.29) is 11.8 Å². The summed E-state index contributed by atoms with van der Waals surface area (Å²) in [5.74, 6) is -0.326. The molecule has 2 aromatic carbocycles. The fourth-order valence-corrected chi connectivity index (χ4v) is 3.60. The second kappa shape index (κ2) is 9.31. The molecule has 0 atom stereocenters. The van der Waals surface area contributed by atoms with Crippen LogP contribution in [0.15, 0.2) is 85.3 Å². The Kier molecular flexibility index (Phi) is 6.12. The molecule has 0 saturated heterocycles. The molecule has 160 valence electrons. The highest BCUT2D eigenvalue weighted by molar-refractivity contribution is 5.97. The number of ether oxygens (including phenoxy) is 1. The van der Waals surface area contributed by atoms with Crippen molar-refractivity contribution in [3.05, 3.63) is 102 Å². The number of nitrogen functional groups attached to an aromatic ring is 1. The van der Waals surface area contributed by atoms with Gasteiger partial charge in [0.1, 0.15) is 5.84 Å². The number of nitrogens with one attached hydrogen (secondary N) is 1. The summed E-state index contributed by atoms with van der Waals surface area (Å²) >= 11 is 0. The van der Waals surface area contributed by atoms with Crippen molar-refractivity contribution in [2.75, 3.05) is 6.61 Å². The SMILES string of the molecule is CCOC(=O)c1cn(Cc2cccc(C(=N)N)c2)cc1-c1ccc(-c2ccccn2)cc1. The number of hydrogen-bond acceptors (Lipinski definition) is 4. The summed E-state index contributed by atoms with van der Waals surface area (Å²) in [6.45, 7) is 2.64. The van der Waals surface area contributed by atoms with Crippen LogP contribution >= 0.6 is 0 Å². The standard InChI is InChI=1S/C26H24N4O2/c1-2-32-26(31)23-17-30(15-18-6-5-7-21(14-18)25(27)28)16-22(23)19-9-11-20(12-10-19)24-8-3-4-13-29-24/h3-14,16-17H,2,15H2,1H3,(H3,27,28). The fraction of sp³-hybridized carbons (Fsp3) is 0.115. The van der Waals surface area contributed by atoms with Crippen molar-refractivity contribution in [2.45, 2.75) is 13.5 Å². The summed E-state index contributed by atoms with van der Waals surface area (Å²) in [7, 11) is 0. The van der Waals surface area contributed by atoms with Crippen LogP contribution in [0.1, 0.15) is 28.4 Å². The third kappa shape index (κ3) is 4.59. The zero-order valence-corrected chi connectivity index (χ0v) is 17.8. The average molecular weight is 425 g/mol. The molecule has 0 amide bonds. The molecule has 0 aliphatic carbocycles. The van der Waals surface area contributed by atoms with Gasteiger partial charge < -0.3 is 15.0 Å². The van der Waals surface area contributed by atoms with E-state index in [0.29, 0.717) is 24.3 Å². The molecule has 3 N–H and O–H groups in total.